The van der Waals surface area contributed by atoms with Crippen LogP contribution < -0.4 is 0 Å². The SMILES string of the molecule is CCn1ncc2c1C(COC)N(C(=O)c1cscn1)CC2. The van der Waals surface area contributed by atoms with Crippen molar-refractivity contribution in [2.24, 2.45) is 0 Å². The normalized spacial score (nSPS) is 17.8. The van der Waals surface area contributed by atoms with Crippen molar-refractivity contribution >= 4 is 17.2 Å². The molecule has 0 saturated carbocycles. The van der Waals surface area contributed by atoms with Crippen molar-refractivity contribution in [2.75, 3.05) is 20.3 Å². The number of nitrogens with zero attached hydrogens (tertiary/aromatic N) is 4. The number of methoxy groups -OCH3 is 1. The lowest BCUT2D eigenvalue weighted by Gasteiger charge is -2.35. The number of hydrogen-bond acceptors (Lipinski definition) is 5. The second-order valence-corrected chi connectivity index (χ2v) is 5.68. The first-order valence-electron chi connectivity index (χ1n) is 6.99. The second-order valence-electron chi connectivity index (χ2n) is 4.96. The topological polar surface area (TPSA) is 60.2 Å². The molecule has 3 heterocycles. The molecular formula is C14H18N4O2S. The molecule has 2 aromatic rings. The zero-order valence-electron chi connectivity index (χ0n) is 12.2. The molecule has 0 fully saturated rings. The third-order valence-corrected chi connectivity index (χ3v) is 4.40. The minimum atomic E-state index is -0.101. The molecule has 0 aromatic carbocycles. The van der Waals surface area contributed by atoms with E-state index in [2.05, 4.69) is 17.0 Å². The van der Waals surface area contributed by atoms with Gasteiger partial charge in [-0.2, -0.15) is 5.10 Å². The maximum atomic E-state index is 12.7. The predicted molar refractivity (Wildman–Crippen MR) is 79.4 cm³/mol. The highest BCUT2D eigenvalue weighted by Gasteiger charge is 2.34. The van der Waals surface area contributed by atoms with Gasteiger partial charge in [0.05, 0.1) is 30.1 Å². The predicted octanol–water partition coefficient (Wildman–Crippen LogP) is 1.75. The van der Waals surface area contributed by atoms with Crippen molar-refractivity contribution in [1.82, 2.24) is 19.7 Å². The molecule has 0 bridgehead atoms. The Hall–Kier alpha value is -1.73. The number of aromatic nitrogens is 3. The van der Waals surface area contributed by atoms with Crippen LogP contribution in [-0.4, -0.2) is 45.8 Å². The van der Waals surface area contributed by atoms with Crippen LogP contribution in [0.1, 0.15) is 34.7 Å². The molecule has 1 aliphatic rings. The number of ether oxygens (including phenoxy) is 1. The standard InChI is InChI=1S/C14H18N4O2S/c1-3-18-13-10(6-16-18)4-5-17(12(13)7-20-2)14(19)11-8-21-9-15-11/h6,8-9,12H,3-5,7H2,1-2H3. The van der Waals surface area contributed by atoms with E-state index in [-0.39, 0.29) is 11.9 Å². The van der Waals surface area contributed by atoms with Crippen LogP contribution in [0.5, 0.6) is 0 Å². The lowest BCUT2D eigenvalue weighted by atomic mass is 9.99. The van der Waals surface area contributed by atoms with Gasteiger partial charge >= 0.3 is 0 Å². The van der Waals surface area contributed by atoms with Gasteiger partial charge in [0, 0.05) is 25.6 Å². The van der Waals surface area contributed by atoms with Gasteiger partial charge in [0.2, 0.25) is 0 Å². The lowest BCUT2D eigenvalue weighted by molar-refractivity contribution is 0.0478. The first-order valence-corrected chi connectivity index (χ1v) is 7.93. The zero-order valence-corrected chi connectivity index (χ0v) is 13.0. The molecule has 3 rings (SSSR count). The van der Waals surface area contributed by atoms with Crippen molar-refractivity contribution in [3.05, 3.63) is 34.0 Å². The first kappa shape index (κ1) is 14.2. The van der Waals surface area contributed by atoms with Crippen molar-refractivity contribution < 1.29 is 9.53 Å². The van der Waals surface area contributed by atoms with Crippen molar-refractivity contribution in [3.63, 3.8) is 0 Å². The summed E-state index contributed by atoms with van der Waals surface area (Å²) in [6, 6.07) is -0.101. The Bertz CT molecular complexity index is 609. The molecular weight excluding hydrogens is 288 g/mol. The van der Waals surface area contributed by atoms with Crippen molar-refractivity contribution in [2.45, 2.75) is 25.9 Å². The summed E-state index contributed by atoms with van der Waals surface area (Å²) < 4.78 is 7.31. The van der Waals surface area contributed by atoms with Crippen molar-refractivity contribution in [1.29, 1.82) is 0 Å². The van der Waals surface area contributed by atoms with Gasteiger partial charge in [0.15, 0.2) is 0 Å². The molecule has 1 atom stereocenters. The van der Waals surface area contributed by atoms with Gasteiger partial charge in [-0.1, -0.05) is 0 Å². The summed E-state index contributed by atoms with van der Waals surface area (Å²) in [5.41, 5.74) is 4.49. The highest BCUT2D eigenvalue weighted by atomic mass is 32.1. The van der Waals surface area contributed by atoms with Gasteiger partial charge in [-0.3, -0.25) is 9.48 Å². The number of aryl methyl sites for hydroxylation is 1. The summed E-state index contributed by atoms with van der Waals surface area (Å²) in [6.45, 7) is 3.98. The van der Waals surface area contributed by atoms with E-state index in [9.17, 15) is 4.79 Å². The summed E-state index contributed by atoms with van der Waals surface area (Å²) in [7, 11) is 1.66. The average Bonchev–Trinajstić information content (AvgIpc) is 3.16. The molecule has 112 valence electrons. The lowest BCUT2D eigenvalue weighted by Crippen LogP contribution is -2.42. The van der Waals surface area contributed by atoms with Crippen LogP contribution in [-0.2, 0) is 17.7 Å². The number of rotatable bonds is 4. The number of carbonyl (C=O) groups is 1. The van der Waals surface area contributed by atoms with Crippen LogP contribution in [0.15, 0.2) is 17.1 Å². The van der Waals surface area contributed by atoms with E-state index in [1.165, 1.54) is 16.9 Å². The van der Waals surface area contributed by atoms with Crippen LogP contribution in [0.25, 0.3) is 0 Å². The molecule has 0 aliphatic carbocycles. The fourth-order valence-electron chi connectivity index (χ4n) is 2.84. The van der Waals surface area contributed by atoms with E-state index in [0.717, 1.165) is 18.7 Å². The number of carbonyl (C=O) groups excluding carboxylic acids is 1. The Morgan fingerprint density at radius 2 is 2.43 bits per heavy atom. The largest absolute Gasteiger partial charge is 0.382 e. The average molecular weight is 306 g/mol. The van der Waals surface area contributed by atoms with Crippen LogP contribution in [0.2, 0.25) is 0 Å². The van der Waals surface area contributed by atoms with E-state index in [0.29, 0.717) is 18.8 Å². The Balaban J connectivity index is 1.96. The molecule has 7 heteroatoms. The minimum absolute atomic E-state index is 0.0344. The van der Waals surface area contributed by atoms with Crippen LogP contribution >= 0.6 is 11.3 Å². The number of thiazole rings is 1. The third kappa shape index (κ3) is 2.47. The number of amides is 1. The van der Waals surface area contributed by atoms with Gasteiger partial charge in [-0.05, 0) is 18.9 Å². The van der Waals surface area contributed by atoms with E-state index in [4.69, 9.17) is 4.74 Å². The Morgan fingerprint density at radius 3 is 3.10 bits per heavy atom. The molecule has 0 saturated heterocycles. The van der Waals surface area contributed by atoms with E-state index >= 15 is 0 Å². The van der Waals surface area contributed by atoms with Gasteiger partial charge < -0.3 is 9.64 Å². The Kier molecular flexibility index (Phi) is 4.03. The van der Waals surface area contributed by atoms with Crippen LogP contribution in [0.3, 0.4) is 0 Å². The molecule has 1 unspecified atom stereocenters. The van der Waals surface area contributed by atoms with E-state index in [1.807, 2.05) is 15.8 Å². The van der Waals surface area contributed by atoms with Crippen LogP contribution in [0.4, 0.5) is 0 Å². The zero-order chi connectivity index (χ0) is 14.8. The molecule has 0 spiro atoms. The van der Waals surface area contributed by atoms with Crippen molar-refractivity contribution in [3.8, 4) is 0 Å². The maximum Gasteiger partial charge on any atom is 0.273 e. The molecule has 1 amide bonds. The first-order chi connectivity index (χ1) is 10.3. The summed E-state index contributed by atoms with van der Waals surface area (Å²) in [5, 5.41) is 6.21. The van der Waals surface area contributed by atoms with Gasteiger partial charge in [-0.25, -0.2) is 4.98 Å². The molecule has 21 heavy (non-hydrogen) atoms. The van der Waals surface area contributed by atoms with Gasteiger partial charge in [0.1, 0.15) is 5.69 Å². The van der Waals surface area contributed by atoms with Gasteiger partial charge in [-0.15, -0.1) is 11.3 Å². The number of fused-ring (bicyclic) bond motifs is 1. The highest BCUT2D eigenvalue weighted by molar-refractivity contribution is 7.07. The maximum absolute atomic E-state index is 12.7. The smallest absolute Gasteiger partial charge is 0.273 e. The number of hydrogen-bond donors (Lipinski definition) is 0. The van der Waals surface area contributed by atoms with E-state index in [1.54, 1.807) is 18.0 Å². The fourth-order valence-corrected chi connectivity index (χ4v) is 3.37. The van der Waals surface area contributed by atoms with Gasteiger partial charge in [0.25, 0.3) is 5.91 Å². The quantitative estimate of drug-likeness (QED) is 0.863. The summed E-state index contributed by atoms with van der Waals surface area (Å²) in [4.78, 5) is 18.7. The molecule has 0 radical (unpaired) electrons. The highest BCUT2D eigenvalue weighted by Crippen LogP contribution is 2.31. The summed E-state index contributed by atoms with van der Waals surface area (Å²) >= 11 is 1.43. The van der Waals surface area contributed by atoms with Crippen LogP contribution in [0, 0.1) is 0 Å². The molecule has 2 aromatic heterocycles. The summed E-state index contributed by atoms with van der Waals surface area (Å²) in [5.74, 6) is -0.0344. The molecule has 1 aliphatic heterocycles. The third-order valence-electron chi connectivity index (χ3n) is 3.81. The monoisotopic (exact) mass is 306 g/mol. The second kappa shape index (κ2) is 5.95. The molecule has 6 nitrogen and oxygen atoms in total. The minimum Gasteiger partial charge on any atom is -0.382 e. The summed E-state index contributed by atoms with van der Waals surface area (Å²) in [6.07, 6.45) is 2.73. The Morgan fingerprint density at radius 1 is 1.57 bits per heavy atom. The van der Waals surface area contributed by atoms with E-state index < -0.39 is 0 Å². The Labute approximate surface area is 127 Å². The fraction of sp³-hybridized carbons (Fsp3) is 0.500. The molecule has 0 N–H and O–H groups in total.